The molecule has 1 aromatic carbocycles. The first kappa shape index (κ1) is 10.7. The number of nitrogens with two attached hydrogens (primary N) is 1. The van der Waals surface area contributed by atoms with Gasteiger partial charge < -0.3 is 16.0 Å². The van der Waals surface area contributed by atoms with E-state index in [1.165, 1.54) is 11.3 Å². The molecule has 7 heteroatoms. The van der Waals surface area contributed by atoms with Crippen molar-refractivity contribution in [1.29, 1.82) is 0 Å². The number of imidazole rings is 1. The summed E-state index contributed by atoms with van der Waals surface area (Å²) in [5.74, 6) is 0.711. The summed E-state index contributed by atoms with van der Waals surface area (Å²) >= 11 is 1.51. The number of hydrogen-bond donors (Lipinski definition) is 3. The van der Waals surface area contributed by atoms with Gasteiger partial charge in [0.05, 0.1) is 16.5 Å². The Morgan fingerprint density at radius 3 is 3.06 bits per heavy atom. The number of thiazole rings is 1. The van der Waals surface area contributed by atoms with Crippen LogP contribution < -0.4 is 11.1 Å². The molecule has 90 valence electrons. The fraction of sp³-hybridized carbons (Fsp3) is 0. The van der Waals surface area contributed by atoms with Gasteiger partial charge in [0.1, 0.15) is 5.69 Å². The summed E-state index contributed by atoms with van der Waals surface area (Å²) in [6.07, 6.45) is 0. The molecule has 0 atom stereocenters. The van der Waals surface area contributed by atoms with E-state index in [2.05, 4.69) is 20.3 Å². The number of nitrogens with one attached hydrogen (secondary N) is 2. The van der Waals surface area contributed by atoms with Gasteiger partial charge in [0, 0.05) is 11.1 Å². The average molecular weight is 259 g/mol. The minimum absolute atomic E-state index is 0.589. The zero-order valence-corrected chi connectivity index (χ0v) is 9.99. The zero-order valence-electron chi connectivity index (χ0n) is 9.18. The van der Waals surface area contributed by atoms with Gasteiger partial charge in [0.25, 0.3) is 0 Å². The third-order valence-corrected chi connectivity index (χ3v) is 3.01. The number of carbonyl (C=O) groups excluding carboxylic acids is 1. The quantitative estimate of drug-likeness (QED) is 0.658. The van der Waals surface area contributed by atoms with Gasteiger partial charge >= 0.3 is 6.03 Å². The lowest BCUT2D eigenvalue weighted by molar-refractivity contribution is 0.259. The zero-order chi connectivity index (χ0) is 12.5. The largest absolute Gasteiger partial charge is 0.351 e. The second-order valence-corrected chi connectivity index (χ2v) is 4.40. The van der Waals surface area contributed by atoms with E-state index in [0.717, 1.165) is 16.7 Å². The van der Waals surface area contributed by atoms with E-state index in [9.17, 15) is 4.79 Å². The maximum atomic E-state index is 10.8. The summed E-state index contributed by atoms with van der Waals surface area (Å²) in [6, 6.07) is 4.75. The SMILES string of the molecule is NC(=O)Nc1ccc2nc(-c3cscn3)[nH]c2c1. The molecule has 0 fully saturated rings. The molecule has 6 nitrogen and oxygen atoms in total. The number of aromatic amines is 1. The molecule has 3 rings (SSSR count). The van der Waals surface area contributed by atoms with Crippen LogP contribution >= 0.6 is 11.3 Å². The summed E-state index contributed by atoms with van der Waals surface area (Å²) in [6.45, 7) is 0. The molecule has 0 saturated heterocycles. The highest BCUT2D eigenvalue weighted by molar-refractivity contribution is 7.07. The van der Waals surface area contributed by atoms with Crippen molar-refractivity contribution in [2.24, 2.45) is 5.73 Å². The molecule has 0 aliphatic rings. The number of rotatable bonds is 2. The lowest BCUT2D eigenvalue weighted by Gasteiger charge is -1.99. The Hall–Kier alpha value is -2.41. The summed E-state index contributed by atoms with van der Waals surface area (Å²) in [5.41, 5.74) is 9.89. The Bertz CT molecular complexity index is 703. The number of nitrogens with zero attached hydrogens (tertiary/aromatic N) is 2. The van der Waals surface area contributed by atoms with Crippen molar-refractivity contribution in [3.63, 3.8) is 0 Å². The Kier molecular flexibility index (Phi) is 2.45. The molecular weight excluding hydrogens is 250 g/mol. The highest BCUT2D eigenvalue weighted by Gasteiger charge is 2.07. The molecule has 18 heavy (non-hydrogen) atoms. The first-order valence-corrected chi connectivity index (χ1v) is 6.11. The Labute approximate surface area is 106 Å². The van der Waals surface area contributed by atoms with Gasteiger partial charge in [-0.25, -0.2) is 14.8 Å². The van der Waals surface area contributed by atoms with Gasteiger partial charge in [0.2, 0.25) is 0 Å². The Balaban J connectivity index is 2.04. The number of amides is 2. The predicted octanol–water partition coefficient (Wildman–Crippen LogP) is 2.18. The van der Waals surface area contributed by atoms with Crippen molar-refractivity contribution in [3.8, 4) is 11.5 Å². The lowest BCUT2D eigenvalue weighted by atomic mass is 10.3. The van der Waals surface area contributed by atoms with Crippen LogP contribution in [0.25, 0.3) is 22.6 Å². The van der Waals surface area contributed by atoms with Crippen LogP contribution in [-0.2, 0) is 0 Å². The third-order valence-electron chi connectivity index (χ3n) is 2.42. The molecule has 2 amide bonds. The maximum absolute atomic E-state index is 10.8. The van der Waals surface area contributed by atoms with Gasteiger partial charge in [-0.15, -0.1) is 11.3 Å². The number of aromatic nitrogens is 3. The molecule has 0 radical (unpaired) electrons. The molecule has 0 aliphatic carbocycles. The lowest BCUT2D eigenvalue weighted by Crippen LogP contribution is -2.19. The Morgan fingerprint density at radius 2 is 2.33 bits per heavy atom. The molecule has 3 aromatic rings. The second-order valence-electron chi connectivity index (χ2n) is 3.68. The van der Waals surface area contributed by atoms with Gasteiger partial charge in [-0.05, 0) is 18.2 Å². The van der Waals surface area contributed by atoms with E-state index in [1.807, 2.05) is 11.4 Å². The van der Waals surface area contributed by atoms with Gasteiger partial charge in [-0.3, -0.25) is 0 Å². The molecule has 2 heterocycles. The third kappa shape index (κ3) is 1.91. The van der Waals surface area contributed by atoms with Gasteiger partial charge in [-0.2, -0.15) is 0 Å². The second kappa shape index (κ2) is 4.11. The number of carbonyl (C=O) groups is 1. The summed E-state index contributed by atoms with van der Waals surface area (Å²) < 4.78 is 0. The number of benzene rings is 1. The highest BCUT2D eigenvalue weighted by atomic mass is 32.1. The standard InChI is InChI=1S/C11H9N5OS/c12-11(17)14-6-1-2-7-8(3-6)16-10(15-7)9-4-18-5-13-9/h1-5H,(H,15,16)(H3,12,14,17). The van der Waals surface area contributed by atoms with Gasteiger partial charge in [0.15, 0.2) is 5.82 Å². The molecule has 0 saturated carbocycles. The predicted molar refractivity (Wildman–Crippen MR) is 70.4 cm³/mol. The number of primary amides is 1. The van der Waals surface area contributed by atoms with Crippen LogP contribution in [0.4, 0.5) is 10.5 Å². The molecule has 0 bridgehead atoms. The van der Waals surface area contributed by atoms with Crippen LogP contribution in [0, 0.1) is 0 Å². The van der Waals surface area contributed by atoms with Gasteiger partial charge in [-0.1, -0.05) is 0 Å². The van der Waals surface area contributed by atoms with Crippen molar-refractivity contribution in [2.45, 2.75) is 0 Å². The number of H-pyrrole nitrogens is 1. The summed E-state index contributed by atoms with van der Waals surface area (Å²) in [7, 11) is 0. The van der Waals surface area contributed by atoms with E-state index in [0.29, 0.717) is 11.5 Å². The smallest absolute Gasteiger partial charge is 0.316 e. The van der Waals surface area contributed by atoms with E-state index in [1.54, 1.807) is 17.6 Å². The number of anilines is 1. The number of urea groups is 1. The van der Waals surface area contributed by atoms with Crippen LogP contribution in [0.15, 0.2) is 29.1 Å². The average Bonchev–Trinajstić information content (AvgIpc) is 2.95. The summed E-state index contributed by atoms with van der Waals surface area (Å²) in [5, 5.41) is 4.44. The molecular formula is C11H9N5OS. The van der Waals surface area contributed by atoms with Crippen LogP contribution in [0.1, 0.15) is 0 Å². The summed E-state index contributed by atoms with van der Waals surface area (Å²) in [4.78, 5) is 22.5. The van der Waals surface area contributed by atoms with Crippen LogP contribution in [-0.4, -0.2) is 21.0 Å². The molecule has 0 unspecified atom stereocenters. The van der Waals surface area contributed by atoms with Crippen molar-refractivity contribution in [1.82, 2.24) is 15.0 Å². The topological polar surface area (TPSA) is 96.7 Å². The van der Waals surface area contributed by atoms with Crippen molar-refractivity contribution in [2.75, 3.05) is 5.32 Å². The monoisotopic (exact) mass is 259 g/mol. The minimum Gasteiger partial charge on any atom is -0.351 e. The first-order valence-electron chi connectivity index (χ1n) is 5.17. The minimum atomic E-state index is -0.589. The van der Waals surface area contributed by atoms with Crippen LogP contribution in [0.2, 0.25) is 0 Å². The van der Waals surface area contributed by atoms with Crippen LogP contribution in [0.3, 0.4) is 0 Å². The first-order chi connectivity index (χ1) is 8.72. The van der Waals surface area contributed by atoms with E-state index in [-0.39, 0.29) is 0 Å². The van der Waals surface area contributed by atoms with E-state index in [4.69, 9.17) is 5.73 Å². The Morgan fingerprint density at radius 1 is 1.44 bits per heavy atom. The molecule has 2 aromatic heterocycles. The molecule has 0 spiro atoms. The fourth-order valence-electron chi connectivity index (χ4n) is 1.68. The molecule has 0 aliphatic heterocycles. The highest BCUT2D eigenvalue weighted by Crippen LogP contribution is 2.22. The fourth-order valence-corrected chi connectivity index (χ4v) is 2.22. The normalized spacial score (nSPS) is 10.7. The molecule has 4 N–H and O–H groups in total. The van der Waals surface area contributed by atoms with Crippen molar-refractivity contribution >= 4 is 34.1 Å². The van der Waals surface area contributed by atoms with Crippen molar-refractivity contribution < 1.29 is 4.79 Å². The van der Waals surface area contributed by atoms with E-state index < -0.39 is 6.03 Å². The maximum Gasteiger partial charge on any atom is 0.316 e. The number of hydrogen-bond acceptors (Lipinski definition) is 4. The van der Waals surface area contributed by atoms with Crippen LogP contribution in [0.5, 0.6) is 0 Å². The van der Waals surface area contributed by atoms with Crippen molar-refractivity contribution in [3.05, 3.63) is 29.1 Å². The van der Waals surface area contributed by atoms with E-state index >= 15 is 0 Å². The number of fused-ring (bicyclic) bond motifs is 1.